The number of benzene rings is 1. The van der Waals surface area contributed by atoms with Gasteiger partial charge in [-0.15, -0.1) is 0 Å². The van der Waals surface area contributed by atoms with Crippen LogP contribution in [-0.2, 0) is 16.0 Å². The summed E-state index contributed by atoms with van der Waals surface area (Å²) >= 11 is 0. The molecule has 0 aliphatic heterocycles. The third kappa shape index (κ3) is 3.35. The van der Waals surface area contributed by atoms with E-state index in [4.69, 9.17) is 9.62 Å². The van der Waals surface area contributed by atoms with Gasteiger partial charge in [0.05, 0.1) is 11.6 Å². The van der Waals surface area contributed by atoms with E-state index >= 15 is 0 Å². The first-order valence-corrected chi connectivity index (χ1v) is 11.9. The molecule has 0 amide bonds. The first kappa shape index (κ1) is 25.4. The molecule has 0 radical (unpaired) electrons. The van der Waals surface area contributed by atoms with Crippen LogP contribution < -0.4 is 0 Å². The lowest BCUT2D eigenvalue weighted by atomic mass is 9.58. The third-order valence-electron chi connectivity index (χ3n) is 7.79. The van der Waals surface area contributed by atoms with Gasteiger partial charge in [-0.05, 0) is 69.6 Å². The Morgan fingerprint density at radius 2 is 1.87 bits per heavy atom. The average Bonchev–Trinajstić information content (AvgIpc) is 3.29. The number of hydrogen-bond donors (Lipinski definition) is 5. The number of aliphatic hydroxyl groups is 3. The van der Waals surface area contributed by atoms with Crippen molar-refractivity contribution in [2.24, 2.45) is 17.0 Å². The van der Waals surface area contributed by atoms with E-state index in [-0.39, 0.29) is 35.5 Å². The molecule has 1 aromatic heterocycles. The van der Waals surface area contributed by atoms with Crippen molar-refractivity contribution in [3.63, 3.8) is 0 Å². The number of carbonyl (C=O) groups excluding carboxylic acids is 3. The predicted octanol–water partition coefficient (Wildman–Crippen LogP) is 2.29. The van der Waals surface area contributed by atoms with E-state index in [9.17, 15) is 34.8 Å². The fraction of sp³-hybridized carbons (Fsp3) is 0.333. The van der Waals surface area contributed by atoms with E-state index in [1.807, 2.05) is 0 Å². The Hall–Kier alpha value is -4.22. The van der Waals surface area contributed by atoms with Crippen molar-refractivity contribution in [3.05, 3.63) is 63.8 Å². The Labute approximate surface area is 216 Å². The fourth-order valence-corrected chi connectivity index (χ4v) is 6.21. The zero-order valence-electron chi connectivity index (χ0n) is 20.8. The van der Waals surface area contributed by atoms with Crippen LogP contribution in [0.25, 0.3) is 11.3 Å². The average molecular weight is 523 g/mol. The van der Waals surface area contributed by atoms with E-state index in [1.54, 1.807) is 37.2 Å². The highest BCUT2D eigenvalue weighted by atomic mass is 16.4. The molecule has 11 heteroatoms. The highest BCUT2D eigenvalue weighted by Gasteiger charge is 2.63. The molecule has 2 aromatic rings. The molecule has 1 aromatic carbocycles. The van der Waals surface area contributed by atoms with Gasteiger partial charge in [-0.25, -0.2) is 0 Å². The molecule has 0 unspecified atom stereocenters. The fourth-order valence-electron chi connectivity index (χ4n) is 6.21. The lowest BCUT2D eigenvalue weighted by molar-refractivity contribution is -0.148. The van der Waals surface area contributed by atoms with Gasteiger partial charge in [0.2, 0.25) is 5.78 Å². The predicted molar refractivity (Wildman–Crippen MR) is 132 cm³/mol. The molecule has 198 valence electrons. The summed E-state index contributed by atoms with van der Waals surface area (Å²) in [5.74, 6) is -5.59. The first-order chi connectivity index (χ1) is 17.9. The second kappa shape index (κ2) is 8.67. The summed E-state index contributed by atoms with van der Waals surface area (Å²) in [6.45, 7) is 1.07. The normalized spacial score (nSPS) is 27.1. The number of hydrogen-bond acceptors (Lipinski definition) is 11. The van der Waals surface area contributed by atoms with Gasteiger partial charge in [0.15, 0.2) is 17.2 Å². The number of Topliss-reactive ketones (excluding diaryl/α,β-unsaturated/α-hetero) is 3. The van der Waals surface area contributed by atoms with Crippen LogP contribution in [0.15, 0.2) is 56.5 Å². The van der Waals surface area contributed by atoms with Crippen molar-refractivity contribution < 1.29 is 44.4 Å². The van der Waals surface area contributed by atoms with Gasteiger partial charge in [0, 0.05) is 17.1 Å². The zero-order valence-corrected chi connectivity index (χ0v) is 20.8. The molecule has 0 saturated heterocycles. The van der Waals surface area contributed by atoms with Crippen molar-refractivity contribution in [3.8, 4) is 17.1 Å². The summed E-state index contributed by atoms with van der Waals surface area (Å²) in [5, 5.41) is 56.3. The summed E-state index contributed by atoms with van der Waals surface area (Å²) in [6.07, 6.45) is 1.25. The molecule has 5 N–H and O–H groups in total. The molecular weight excluding hydrogens is 496 g/mol. The number of furan rings is 1. The molecule has 0 spiro atoms. The van der Waals surface area contributed by atoms with Gasteiger partial charge in [-0.2, -0.15) is 0 Å². The van der Waals surface area contributed by atoms with Crippen LogP contribution in [0.2, 0.25) is 0 Å². The number of nitrogens with zero attached hydrogens (tertiary/aromatic N) is 2. The van der Waals surface area contributed by atoms with Gasteiger partial charge < -0.3 is 30.1 Å². The Morgan fingerprint density at radius 1 is 1.16 bits per heavy atom. The minimum absolute atomic E-state index is 0.0145. The van der Waals surface area contributed by atoms with Gasteiger partial charge >= 0.3 is 0 Å². The standard InChI is InChI=1S/C27H26N2O9/c1-11(30)19-24(33)22(29(2)3)16-9-12-8-15-14(18-7-4-13(38-18)10-28-37)5-6-17(31)21(15)23(32)20(12)26(35)27(16,36)25(19)34/h4-7,10,12,16,22,31,33,35-37H,8-9H2,1-3H3/b28-10+/t12-,16-,22-,27+/m0/s1. The number of phenols is 1. The van der Waals surface area contributed by atoms with Crippen LogP contribution in [0.3, 0.4) is 0 Å². The highest BCUT2D eigenvalue weighted by molar-refractivity contribution is 6.25. The number of phenolic OH excluding ortho intramolecular Hbond substituents is 1. The summed E-state index contributed by atoms with van der Waals surface area (Å²) in [4.78, 5) is 41.0. The van der Waals surface area contributed by atoms with Crippen molar-refractivity contribution in [2.45, 2.75) is 31.4 Å². The Kier molecular flexibility index (Phi) is 5.80. The smallest absolute Gasteiger partial charge is 0.209 e. The maximum Gasteiger partial charge on any atom is 0.209 e. The molecule has 0 fully saturated rings. The Balaban J connectivity index is 1.70. The first-order valence-electron chi connectivity index (χ1n) is 11.9. The topological polar surface area (TPSA) is 181 Å². The molecule has 5 rings (SSSR count). The van der Waals surface area contributed by atoms with E-state index in [0.29, 0.717) is 16.9 Å². The van der Waals surface area contributed by atoms with Crippen molar-refractivity contribution >= 4 is 23.6 Å². The monoisotopic (exact) mass is 522 g/mol. The summed E-state index contributed by atoms with van der Waals surface area (Å²) in [7, 11) is 3.21. The second-order valence-corrected chi connectivity index (χ2v) is 10.1. The van der Waals surface area contributed by atoms with Crippen LogP contribution in [0.5, 0.6) is 5.75 Å². The Morgan fingerprint density at radius 3 is 2.50 bits per heavy atom. The van der Waals surface area contributed by atoms with Crippen molar-refractivity contribution in [1.82, 2.24) is 4.90 Å². The number of aliphatic hydroxyl groups excluding tert-OH is 2. The summed E-state index contributed by atoms with van der Waals surface area (Å²) in [5.41, 5.74) is -2.62. The number of rotatable bonds is 4. The van der Waals surface area contributed by atoms with E-state index in [2.05, 4.69) is 5.16 Å². The van der Waals surface area contributed by atoms with Crippen LogP contribution in [0.1, 0.15) is 35.0 Å². The lowest BCUT2D eigenvalue weighted by Crippen LogP contribution is -2.63. The minimum atomic E-state index is -2.62. The van der Waals surface area contributed by atoms with Crippen LogP contribution >= 0.6 is 0 Å². The lowest BCUT2D eigenvalue weighted by Gasteiger charge is -2.50. The number of aromatic hydroxyl groups is 1. The molecular formula is C27H26N2O9. The van der Waals surface area contributed by atoms with Gasteiger partial charge in [-0.1, -0.05) is 5.16 Å². The molecule has 0 saturated carbocycles. The zero-order chi connectivity index (χ0) is 27.7. The summed E-state index contributed by atoms with van der Waals surface area (Å²) in [6, 6.07) is 5.06. The molecule has 3 aliphatic carbocycles. The van der Waals surface area contributed by atoms with Gasteiger partial charge in [-0.3, -0.25) is 19.3 Å². The molecule has 0 bridgehead atoms. The Bertz CT molecular complexity index is 1500. The highest BCUT2D eigenvalue weighted by Crippen LogP contribution is 2.53. The van der Waals surface area contributed by atoms with E-state index in [1.165, 1.54) is 6.07 Å². The number of allylic oxidation sites excluding steroid dienone is 1. The molecule has 38 heavy (non-hydrogen) atoms. The van der Waals surface area contributed by atoms with Crippen LogP contribution in [0, 0.1) is 11.8 Å². The van der Waals surface area contributed by atoms with Crippen LogP contribution in [-0.4, -0.2) is 79.8 Å². The SMILES string of the molecule is CC(=O)C1=C(O)[C@@H](N(C)C)[C@@H]2C[C@@H]3Cc4c(-c5ccc(/C=N/O)o5)ccc(O)c4C(=O)C3=C(O)[C@]2(O)C1=O. The molecule has 1 heterocycles. The summed E-state index contributed by atoms with van der Waals surface area (Å²) < 4.78 is 5.70. The molecule has 3 aliphatic rings. The largest absolute Gasteiger partial charge is 0.510 e. The maximum atomic E-state index is 13.8. The number of likely N-dealkylation sites (N-methyl/N-ethyl adjacent to an activating group) is 1. The quantitative estimate of drug-likeness (QED) is 0.173. The molecule has 4 atom stereocenters. The minimum Gasteiger partial charge on any atom is -0.510 e. The number of oxime groups is 1. The number of carbonyl (C=O) groups is 3. The third-order valence-corrected chi connectivity index (χ3v) is 7.79. The van der Waals surface area contributed by atoms with E-state index in [0.717, 1.165) is 13.1 Å². The van der Waals surface area contributed by atoms with E-state index < -0.39 is 57.9 Å². The van der Waals surface area contributed by atoms with Crippen molar-refractivity contribution in [1.29, 1.82) is 0 Å². The van der Waals surface area contributed by atoms with Gasteiger partial charge in [0.25, 0.3) is 0 Å². The molecule has 11 nitrogen and oxygen atoms in total. The number of ketones is 3. The number of fused-ring (bicyclic) bond motifs is 3. The maximum absolute atomic E-state index is 13.8. The van der Waals surface area contributed by atoms with Crippen LogP contribution in [0.4, 0.5) is 0 Å². The van der Waals surface area contributed by atoms with Gasteiger partial charge in [0.1, 0.15) is 40.6 Å². The van der Waals surface area contributed by atoms with Crippen molar-refractivity contribution in [2.75, 3.05) is 14.1 Å². The second-order valence-electron chi connectivity index (χ2n) is 10.1.